The third-order valence-corrected chi connectivity index (χ3v) is 6.47. The number of fused-ring (bicyclic) bond motifs is 1. The van der Waals surface area contributed by atoms with E-state index >= 15 is 0 Å². The predicted octanol–water partition coefficient (Wildman–Crippen LogP) is 4.73. The summed E-state index contributed by atoms with van der Waals surface area (Å²) in [6, 6.07) is 9.13. The van der Waals surface area contributed by atoms with E-state index in [1.165, 1.54) is 38.9 Å². The summed E-state index contributed by atoms with van der Waals surface area (Å²) in [5.41, 5.74) is 2.70. The van der Waals surface area contributed by atoms with Crippen LogP contribution in [0.25, 0.3) is 0 Å². The van der Waals surface area contributed by atoms with Crippen molar-refractivity contribution in [2.75, 3.05) is 6.54 Å². The van der Waals surface area contributed by atoms with Crippen LogP contribution in [0.4, 0.5) is 0 Å². The van der Waals surface area contributed by atoms with Gasteiger partial charge in [-0.2, -0.15) is 0 Å². The van der Waals surface area contributed by atoms with E-state index < -0.39 is 0 Å². The van der Waals surface area contributed by atoms with Crippen LogP contribution in [-0.2, 0) is 12.2 Å². The lowest BCUT2D eigenvalue weighted by Gasteiger charge is -2.21. The molecule has 21 heavy (non-hydrogen) atoms. The molecule has 1 atom stereocenters. The highest BCUT2D eigenvalue weighted by Gasteiger charge is 2.23. The van der Waals surface area contributed by atoms with Crippen LogP contribution < -0.4 is 5.32 Å². The average molecular weight is 319 g/mol. The summed E-state index contributed by atoms with van der Waals surface area (Å²) in [5.74, 6) is 0.987. The van der Waals surface area contributed by atoms with Crippen LogP contribution in [0.1, 0.15) is 46.9 Å². The molecule has 0 amide bonds. The molecule has 1 aliphatic carbocycles. The number of rotatable bonds is 5. The molecule has 2 aromatic rings. The molecule has 0 radical (unpaired) electrons. The van der Waals surface area contributed by atoms with Crippen LogP contribution in [0.15, 0.2) is 29.2 Å². The monoisotopic (exact) mass is 318 g/mol. The highest BCUT2D eigenvalue weighted by atomic mass is 32.2. The van der Waals surface area contributed by atoms with Crippen molar-refractivity contribution in [2.24, 2.45) is 0 Å². The standard InChI is InChI=1S/C17H22N2S2/c1-3-18-13-8-6-9-14-17(13)21-16(19-14)11-20-15-10-5-4-7-12(15)2/h4-5,7,10,13,18H,3,6,8-9,11H2,1-2H3. The first kappa shape index (κ1) is 15.1. The van der Waals surface area contributed by atoms with Gasteiger partial charge in [-0.15, -0.1) is 23.1 Å². The van der Waals surface area contributed by atoms with Crippen LogP contribution >= 0.6 is 23.1 Å². The summed E-state index contributed by atoms with van der Waals surface area (Å²) in [4.78, 5) is 7.74. The first-order chi connectivity index (χ1) is 10.3. The maximum Gasteiger partial charge on any atom is 0.103 e. The Morgan fingerprint density at radius 3 is 3.05 bits per heavy atom. The Labute approximate surface area is 135 Å². The number of hydrogen-bond acceptors (Lipinski definition) is 4. The van der Waals surface area contributed by atoms with Gasteiger partial charge in [0.25, 0.3) is 0 Å². The van der Waals surface area contributed by atoms with E-state index in [-0.39, 0.29) is 0 Å². The molecule has 1 unspecified atom stereocenters. The Bertz CT molecular complexity index is 607. The van der Waals surface area contributed by atoms with Crippen LogP contribution in [0, 0.1) is 6.92 Å². The Morgan fingerprint density at radius 2 is 2.24 bits per heavy atom. The number of aromatic nitrogens is 1. The fourth-order valence-electron chi connectivity index (χ4n) is 2.83. The molecule has 1 aromatic heterocycles. The van der Waals surface area contributed by atoms with Crippen molar-refractivity contribution in [1.82, 2.24) is 10.3 Å². The fraction of sp³-hybridized carbons (Fsp3) is 0.471. The minimum Gasteiger partial charge on any atom is -0.309 e. The Kier molecular flexibility index (Phi) is 4.99. The molecule has 0 saturated heterocycles. The van der Waals surface area contributed by atoms with Gasteiger partial charge in [0.15, 0.2) is 0 Å². The zero-order valence-electron chi connectivity index (χ0n) is 12.7. The summed E-state index contributed by atoms with van der Waals surface area (Å²) in [5, 5.41) is 4.88. The quantitative estimate of drug-likeness (QED) is 0.807. The summed E-state index contributed by atoms with van der Waals surface area (Å²) < 4.78 is 0. The molecule has 0 spiro atoms. The van der Waals surface area contributed by atoms with E-state index in [9.17, 15) is 0 Å². The molecule has 2 nitrogen and oxygen atoms in total. The third kappa shape index (κ3) is 3.50. The molecule has 1 aliphatic rings. The lowest BCUT2D eigenvalue weighted by molar-refractivity contribution is 0.476. The van der Waals surface area contributed by atoms with Crippen molar-refractivity contribution in [1.29, 1.82) is 0 Å². The Hall–Kier alpha value is -0.840. The highest BCUT2D eigenvalue weighted by molar-refractivity contribution is 7.98. The zero-order chi connectivity index (χ0) is 14.7. The SMILES string of the molecule is CCNC1CCCc2nc(CSc3ccccc3C)sc21. The van der Waals surface area contributed by atoms with Gasteiger partial charge < -0.3 is 5.32 Å². The third-order valence-electron chi connectivity index (χ3n) is 3.89. The van der Waals surface area contributed by atoms with Gasteiger partial charge in [0, 0.05) is 15.8 Å². The lowest BCUT2D eigenvalue weighted by atomic mass is 9.98. The van der Waals surface area contributed by atoms with Gasteiger partial charge in [0.1, 0.15) is 5.01 Å². The van der Waals surface area contributed by atoms with E-state index in [2.05, 4.69) is 43.4 Å². The number of aryl methyl sites for hydroxylation is 2. The molecule has 1 aromatic carbocycles. The molecule has 112 valence electrons. The van der Waals surface area contributed by atoms with Crippen molar-refractivity contribution in [3.05, 3.63) is 45.4 Å². The van der Waals surface area contributed by atoms with Crippen molar-refractivity contribution < 1.29 is 0 Å². The number of thiazole rings is 1. The van der Waals surface area contributed by atoms with Gasteiger partial charge >= 0.3 is 0 Å². The maximum atomic E-state index is 4.89. The van der Waals surface area contributed by atoms with E-state index in [1.807, 2.05) is 23.1 Å². The molecular weight excluding hydrogens is 296 g/mol. The van der Waals surface area contributed by atoms with Crippen molar-refractivity contribution in [3.8, 4) is 0 Å². The van der Waals surface area contributed by atoms with Gasteiger partial charge in [-0.3, -0.25) is 0 Å². The maximum absolute atomic E-state index is 4.89. The fourth-order valence-corrected chi connectivity index (χ4v) is 5.08. The van der Waals surface area contributed by atoms with Gasteiger partial charge in [-0.25, -0.2) is 4.98 Å². The number of nitrogens with one attached hydrogen (secondary N) is 1. The Morgan fingerprint density at radius 1 is 1.38 bits per heavy atom. The van der Waals surface area contributed by atoms with E-state index in [0.717, 1.165) is 18.7 Å². The van der Waals surface area contributed by atoms with Gasteiger partial charge in [0.2, 0.25) is 0 Å². The van der Waals surface area contributed by atoms with Gasteiger partial charge in [-0.05, 0) is 44.4 Å². The normalized spacial score (nSPS) is 17.7. The molecular formula is C17H22N2S2. The van der Waals surface area contributed by atoms with E-state index in [4.69, 9.17) is 4.98 Å². The van der Waals surface area contributed by atoms with Crippen LogP contribution in [0.5, 0.6) is 0 Å². The highest BCUT2D eigenvalue weighted by Crippen LogP contribution is 2.36. The number of thioether (sulfide) groups is 1. The van der Waals surface area contributed by atoms with Crippen LogP contribution in [-0.4, -0.2) is 11.5 Å². The largest absolute Gasteiger partial charge is 0.309 e. The second-order valence-electron chi connectivity index (χ2n) is 5.48. The van der Waals surface area contributed by atoms with Crippen LogP contribution in [0.3, 0.4) is 0 Å². The predicted molar refractivity (Wildman–Crippen MR) is 92.2 cm³/mol. The van der Waals surface area contributed by atoms with E-state index in [1.54, 1.807) is 0 Å². The van der Waals surface area contributed by atoms with Crippen molar-refractivity contribution in [2.45, 2.75) is 49.8 Å². The molecule has 0 saturated carbocycles. The smallest absolute Gasteiger partial charge is 0.103 e. The second-order valence-corrected chi connectivity index (χ2v) is 7.61. The number of nitrogens with zero attached hydrogens (tertiary/aromatic N) is 1. The first-order valence-electron chi connectivity index (χ1n) is 7.68. The molecule has 3 rings (SSSR count). The summed E-state index contributed by atoms with van der Waals surface area (Å²) >= 11 is 3.82. The summed E-state index contributed by atoms with van der Waals surface area (Å²) in [6.45, 7) is 5.40. The lowest BCUT2D eigenvalue weighted by Crippen LogP contribution is -2.23. The second kappa shape index (κ2) is 6.95. The summed E-state index contributed by atoms with van der Waals surface area (Å²) in [6.07, 6.45) is 3.68. The van der Waals surface area contributed by atoms with Crippen molar-refractivity contribution >= 4 is 23.1 Å². The first-order valence-corrected chi connectivity index (χ1v) is 9.48. The molecule has 1 heterocycles. The number of benzene rings is 1. The van der Waals surface area contributed by atoms with Crippen LogP contribution in [0.2, 0.25) is 0 Å². The Balaban J connectivity index is 1.71. The molecule has 4 heteroatoms. The molecule has 0 bridgehead atoms. The number of hydrogen-bond donors (Lipinski definition) is 1. The molecule has 0 fully saturated rings. The topological polar surface area (TPSA) is 24.9 Å². The minimum atomic E-state index is 0.536. The average Bonchev–Trinajstić information content (AvgIpc) is 2.91. The summed E-state index contributed by atoms with van der Waals surface area (Å²) in [7, 11) is 0. The minimum absolute atomic E-state index is 0.536. The van der Waals surface area contributed by atoms with Gasteiger partial charge in [0.05, 0.1) is 11.4 Å². The van der Waals surface area contributed by atoms with E-state index in [0.29, 0.717) is 6.04 Å². The zero-order valence-corrected chi connectivity index (χ0v) is 14.3. The molecule has 1 N–H and O–H groups in total. The van der Waals surface area contributed by atoms with Crippen molar-refractivity contribution in [3.63, 3.8) is 0 Å². The van der Waals surface area contributed by atoms with Gasteiger partial charge in [-0.1, -0.05) is 25.1 Å². The molecule has 0 aliphatic heterocycles.